The fourth-order valence-electron chi connectivity index (χ4n) is 5.29. The molecule has 2 atom stereocenters. The van der Waals surface area contributed by atoms with E-state index in [1.165, 1.54) is 70.6 Å². The second-order valence-corrected chi connectivity index (χ2v) is 10.5. The first-order valence-electron chi connectivity index (χ1n) is 14.6. The fraction of sp³-hybridized carbons (Fsp3) is 0.800. The molecule has 0 bridgehead atoms. The molecule has 5 heteroatoms. The van der Waals surface area contributed by atoms with E-state index in [4.69, 9.17) is 4.74 Å². The summed E-state index contributed by atoms with van der Waals surface area (Å²) in [7, 11) is 1.85. The Morgan fingerprint density at radius 2 is 1.57 bits per heavy atom. The van der Waals surface area contributed by atoms with Crippen LogP contribution in [-0.2, 0) is 14.3 Å². The maximum Gasteiger partial charge on any atom is 0.311 e. The van der Waals surface area contributed by atoms with Gasteiger partial charge in [-0.2, -0.15) is 0 Å². The van der Waals surface area contributed by atoms with E-state index in [1.807, 2.05) is 7.05 Å². The largest absolute Gasteiger partial charge is 0.464 e. The van der Waals surface area contributed by atoms with Crippen LogP contribution in [0, 0.1) is 5.92 Å². The number of carbonyl (C=O) groups excluding carboxylic acids is 2. The number of nitrogens with zero attached hydrogens (tertiary/aromatic N) is 2. The van der Waals surface area contributed by atoms with E-state index >= 15 is 0 Å². The number of allylic oxidation sites excluding steroid dienone is 4. The normalized spacial score (nSPS) is 21.5. The Bertz CT molecular complexity index is 640. The molecular weight excluding hydrogens is 436 g/mol. The van der Waals surface area contributed by atoms with Crippen molar-refractivity contribution in [3.8, 4) is 0 Å². The first-order chi connectivity index (χ1) is 17.1. The minimum Gasteiger partial charge on any atom is -0.464 e. The van der Waals surface area contributed by atoms with Crippen LogP contribution in [0.25, 0.3) is 0 Å². The van der Waals surface area contributed by atoms with Gasteiger partial charge in [0.25, 0.3) is 0 Å². The molecule has 0 spiro atoms. The third kappa shape index (κ3) is 12.3. The molecule has 0 unspecified atom stereocenters. The molecule has 2 aliphatic heterocycles. The van der Waals surface area contributed by atoms with Gasteiger partial charge in [-0.3, -0.25) is 14.5 Å². The zero-order valence-electron chi connectivity index (χ0n) is 22.7. The summed E-state index contributed by atoms with van der Waals surface area (Å²) in [5, 5.41) is 0. The highest BCUT2D eigenvalue weighted by Crippen LogP contribution is 2.29. The van der Waals surface area contributed by atoms with Gasteiger partial charge in [-0.15, -0.1) is 0 Å². The molecule has 0 aromatic carbocycles. The molecule has 0 aliphatic carbocycles. The number of esters is 1. The van der Waals surface area contributed by atoms with Crippen LogP contribution in [0.4, 0.5) is 0 Å². The van der Waals surface area contributed by atoms with Crippen LogP contribution in [0.15, 0.2) is 24.3 Å². The van der Waals surface area contributed by atoms with E-state index in [2.05, 4.69) is 36.1 Å². The first kappa shape index (κ1) is 29.6. The van der Waals surface area contributed by atoms with Crippen molar-refractivity contribution in [3.63, 3.8) is 0 Å². The smallest absolute Gasteiger partial charge is 0.311 e. The lowest BCUT2D eigenvalue weighted by Gasteiger charge is -2.27. The quantitative estimate of drug-likeness (QED) is 0.123. The van der Waals surface area contributed by atoms with Crippen LogP contribution in [0.2, 0.25) is 0 Å². The van der Waals surface area contributed by atoms with Gasteiger partial charge in [0.2, 0.25) is 5.91 Å². The maximum absolute atomic E-state index is 12.7. The van der Waals surface area contributed by atoms with Crippen molar-refractivity contribution >= 4 is 11.9 Å². The summed E-state index contributed by atoms with van der Waals surface area (Å²) in [4.78, 5) is 29.2. The number of rotatable bonds is 18. The molecule has 200 valence electrons. The Morgan fingerprint density at radius 1 is 0.914 bits per heavy atom. The second kappa shape index (κ2) is 18.6. The molecule has 2 heterocycles. The van der Waals surface area contributed by atoms with Crippen molar-refractivity contribution < 1.29 is 14.3 Å². The number of carbonyl (C=O) groups is 2. The van der Waals surface area contributed by atoms with E-state index in [0.717, 1.165) is 45.3 Å². The summed E-state index contributed by atoms with van der Waals surface area (Å²) in [5.41, 5.74) is 0. The molecule has 1 amide bonds. The first-order valence-corrected chi connectivity index (χ1v) is 14.6. The lowest BCUT2D eigenvalue weighted by Crippen LogP contribution is -2.37. The summed E-state index contributed by atoms with van der Waals surface area (Å²) in [6.45, 7) is 5.73. The number of ether oxygens (including phenoxy) is 1. The second-order valence-electron chi connectivity index (χ2n) is 10.5. The van der Waals surface area contributed by atoms with E-state index in [1.54, 1.807) is 4.90 Å². The highest BCUT2D eigenvalue weighted by atomic mass is 16.5. The van der Waals surface area contributed by atoms with Crippen molar-refractivity contribution in [2.75, 3.05) is 33.3 Å². The van der Waals surface area contributed by atoms with E-state index < -0.39 is 0 Å². The molecule has 0 radical (unpaired) electrons. The zero-order valence-corrected chi connectivity index (χ0v) is 22.7. The molecule has 0 aromatic heterocycles. The van der Waals surface area contributed by atoms with Gasteiger partial charge in [0.05, 0.1) is 5.92 Å². The van der Waals surface area contributed by atoms with Gasteiger partial charge >= 0.3 is 5.97 Å². The van der Waals surface area contributed by atoms with Gasteiger partial charge < -0.3 is 9.64 Å². The van der Waals surface area contributed by atoms with Crippen LogP contribution in [-0.4, -0.2) is 61.0 Å². The highest BCUT2D eigenvalue weighted by molar-refractivity contribution is 5.87. The Morgan fingerprint density at radius 3 is 2.29 bits per heavy atom. The van der Waals surface area contributed by atoms with Crippen LogP contribution in [0.1, 0.15) is 110 Å². The van der Waals surface area contributed by atoms with Crippen molar-refractivity contribution in [1.82, 2.24) is 9.80 Å². The molecule has 2 aliphatic rings. The average molecular weight is 489 g/mol. The number of hydrogen-bond acceptors (Lipinski definition) is 4. The standard InChI is InChI=1S/C30H52N2O3/c1-3-4-5-6-7-8-9-10-11-12-13-14-15-16-18-21-28-27(26-29(33)31(28)2)30(34)35-25-24-32-22-19-17-20-23-32/h7-8,10-11,27-28H,3-6,9,12-26H2,1-2H3/b8-7-,11-10-/t27-,28+/m0/s1. The number of amides is 1. The highest BCUT2D eigenvalue weighted by Gasteiger charge is 2.42. The summed E-state index contributed by atoms with van der Waals surface area (Å²) in [5.74, 6) is -0.387. The molecule has 0 N–H and O–H groups in total. The van der Waals surface area contributed by atoms with E-state index in [-0.39, 0.29) is 23.8 Å². The lowest BCUT2D eigenvalue weighted by molar-refractivity contribution is -0.150. The fourth-order valence-corrected chi connectivity index (χ4v) is 5.29. The SMILES string of the molecule is CCCCC/C=C\C/C=C\CCCCCCC[C@@H]1[C@@H](C(=O)OCCN2CCCCC2)CC(=O)N1C. The van der Waals surface area contributed by atoms with Crippen molar-refractivity contribution in [3.05, 3.63) is 24.3 Å². The lowest BCUT2D eigenvalue weighted by atomic mass is 9.95. The average Bonchev–Trinajstić information content (AvgIpc) is 3.15. The summed E-state index contributed by atoms with van der Waals surface area (Å²) < 4.78 is 5.61. The van der Waals surface area contributed by atoms with Crippen molar-refractivity contribution in [2.24, 2.45) is 5.92 Å². The third-order valence-corrected chi connectivity index (χ3v) is 7.60. The van der Waals surface area contributed by atoms with Crippen LogP contribution >= 0.6 is 0 Å². The van der Waals surface area contributed by atoms with Crippen LogP contribution in [0.3, 0.4) is 0 Å². The summed E-state index contributed by atoms with van der Waals surface area (Å²) >= 11 is 0. The molecule has 2 fully saturated rings. The Kier molecular flexibility index (Phi) is 15.8. The number of unbranched alkanes of at least 4 members (excludes halogenated alkanes) is 8. The molecular formula is C30H52N2O3. The van der Waals surface area contributed by atoms with Gasteiger partial charge in [-0.05, 0) is 64.5 Å². The summed E-state index contributed by atoms with van der Waals surface area (Å²) in [6.07, 6.45) is 27.5. The number of piperidine rings is 1. The van der Waals surface area contributed by atoms with Gasteiger partial charge in [0.15, 0.2) is 0 Å². The molecule has 2 rings (SSSR count). The van der Waals surface area contributed by atoms with Gasteiger partial charge in [-0.25, -0.2) is 0 Å². The van der Waals surface area contributed by atoms with Gasteiger partial charge in [-0.1, -0.05) is 76.2 Å². The van der Waals surface area contributed by atoms with Gasteiger partial charge in [0, 0.05) is 26.1 Å². The van der Waals surface area contributed by atoms with Gasteiger partial charge in [0.1, 0.15) is 6.61 Å². The monoisotopic (exact) mass is 488 g/mol. The predicted octanol–water partition coefficient (Wildman–Crippen LogP) is 6.68. The molecule has 2 saturated heterocycles. The summed E-state index contributed by atoms with van der Waals surface area (Å²) in [6, 6.07) is 0.00273. The Balaban J connectivity index is 1.53. The third-order valence-electron chi connectivity index (χ3n) is 7.60. The Labute approximate surface area is 215 Å². The van der Waals surface area contributed by atoms with E-state index in [9.17, 15) is 9.59 Å². The molecule has 0 saturated carbocycles. The zero-order chi connectivity index (χ0) is 25.1. The molecule has 0 aromatic rings. The minimum absolute atomic E-state index is 0.00273. The predicted molar refractivity (Wildman–Crippen MR) is 145 cm³/mol. The van der Waals surface area contributed by atoms with Crippen molar-refractivity contribution in [2.45, 2.75) is 116 Å². The molecule has 5 nitrogen and oxygen atoms in total. The van der Waals surface area contributed by atoms with Crippen molar-refractivity contribution in [1.29, 1.82) is 0 Å². The van der Waals surface area contributed by atoms with Crippen LogP contribution < -0.4 is 0 Å². The number of hydrogen-bond donors (Lipinski definition) is 0. The van der Waals surface area contributed by atoms with Crippen LogP contribution in [0.5, 0.6) is 0 Å². The Hall–Kier alpha value is -1.62. The number of likely N-dealkylation sites (tertiary alicyclic amines) is 2. The topological polar surface area (TPSA) is 49.9 Å². The maximum atomic E-state index is 12.7. The molecule has 35 heavy (non-hydrogen) atoms. The minimum atomic E-state index is -0.292. The van der Waals surface area contributed by atoms with E-state index in [0.29, 0.717) is 13.0 Å².